The molecule has 0 spiro atoms. The topological polar surface area (TPSA) is 101 Å². The van der Waals surface area contributed by atoms with E-state index in [1.165, 1.54) is 30.1 Å². The average molecular weight is 445 g/mol. The molecule has 1 aromatic carbocycles. The van der Waals surface area contributed by atoms with Crippen molar-refractivity contribution in [3.63, 3.8) is 0 Å². The first-order valence-electron chi connectivity index (χ1n) is 9.58. The SMILES string of the molecule is COCC(C)n1c(C)cc(/C=C(\C#N)C(=O)N(C)Cc2cc([N+](=O)[O-])ccc2Cl)c1C. The first-order chi connectivity index (χ1) is 14.6. The highest BCUT2D eigenvalue weighted by molar-refractivity contribution is 6.31. The van der Waals surface area contributed by atoms with E-state index in [0.29, 0.717) is 17.2 Å². The molecule has 2 rings (SSSR count). The molecule has 0 radical (unpaired) electrons. The molecule has 0 aliphatic rings. The number of ether oxygens (including phenoxy) is 1. The maximum atomic E-state index is 12.9. The number of carbonyl (C=O) groups excluding carboxylic acids is 1. The zero-order chi connectivity index (χ0) is 23.3. The highest BCUT2D eigenvalue weighted by Gasteiger charge is 2.20. The fraction of sp³-hybridized carbons (Fsp3) is 0.364. The second kappa shape index (κ2) is 10.2. The normalized spacial score (nSPS) is 12.4. The highest BCUT2D eigenvalue weighted by atomic mass is 35.5. The number of hydrogen-bond donors (Lipinski definition) is 0. The third-order valence-corrected chi connectivity index (χ3v) is 5.39. The van der Waals surface area contributed by atoms with Crippen molar-refractivity contribution in [2.75, 3.05) is 20.8 Å². The predicted molar refractivity (Wildman–Crippen MR) is 119 cm³/mol. The summed E-state index contributed by atoms with van der Waals surface area (Å²) in [5, 5.41) is 20.9. The van der Waals surface area contributed by atoms with Crippen molar-refractivity contribution in [1.82, 2.24) is 9.47 Å². The second-order valence-electron chi connectivity index (χ2n) is 7.36. The number of carbonyl (C=O) groups is 1. The van der Waals surface area contributed by atoms with Gasteiger partial charge in [0, 0.05) is 49.2 Å². The van der Waals surface area contributed by atoms with E-state index < -0.39 is 10.8 Å². The first kappa shape index (κ1) is 24.1. The van der Waals surface area contributed by atoms with Crippen LogP contribution in [0.4, 0.5) is 5.69 Å². The molecule has 164 valence electrons. The quantitative estimate of drug-likeness (QED) is 0.259. The maximum absolute atomic E-state index is 12.9. The smallest absolute Gasteiger partial charge is 0.269 e. The zero-order valence-electron chi connectivity index (χ0n) is 18.2. The Hall–Kier alpha value is -3.15. The Labute approximate surface area is 186 Å². The minimum Gasteiger partial charge on any atom is -0.383 e. The van der Waals surface area contributed by atoms with Gasteiger partial charge in [0.05, 0.1) is 17.6 Å². The monoisotopic (exact) mass is 444 g/mol. The predicted octanol–water partition coefficient (Wildman–Crippen LogP) is 4.44. The summed E-state index contributed by atoms with van der Waals surface area (Å²) in [5.41, 5.74) is 2.96. The van der Waals surface area contributed by atoms with Crippen molar-refractivity contribution in [1.29, 1.82) is 5.26 Å². The molecular weight excluding hydrogens is 420 g/mol. The van der Waals surface area contributed by atoms with Gasteiger partial charge in [-0.1, -0.05) is 11.6 Å². The lowest BCUT2D eigenvalue weighted by molar-refractivity contribution is -0.384. The van der Waals surface area contributed by atoms with Gasteiger partial charge in [-0.2, -0.15) is 5.26 Å². The van der Waals surface area contributed by atoms with E-state index in [1.54, 1.807) is 13.2 Å². The molecule has 0 aliphatic heterocycles. The number of halogens is 1. The Balaban J connectivity index is 2.31. The number of nitro groups is 1. The van der Waals surface area contributed by atoms with Crippen LogP contribution in [0.3, 0.4) is 0 Å². The molecule has 31 heavy (non-hydrogen) atoms. The van der Waals surface area contributed by atoms with Gasteiger partial charge in [0.2, 0.25) is 0 Å². The molecule has 1 unspecified atom stereocenters. The number of nitrogens with zero attached hydrogens (tertiary/aromatic N) is 4. The number of nitro benzene ring substituents is 1. The van der Waals surface area contributed by atoms with Crippen LogP contribution in [-0.2, 0) is 16.1 Å². The van der Waals surface area contributed by atoms with Crippen LogP contribution < -0.4 is 0 Å². The van der Waals surface area contributed by atoms with Crippen LogP contribution in [0.2, 0.25) is 5.02 Å². The van der Waals surface area contributed by atoms with E-state index in [-0.39, 0.29) is 23.8 Å². The summed E-state index contributed by atoms with van der Waals surface area (Å²) in [6, 6.07) is 8.04. The molecular formula is C22H25ClN4O4. The van der Waals surface area contributed by atoms with Crippen LogP contribution >= 0.6 is 11.6 Å². The summed E-state index contributed by atoms with van der Waals surface area (Å²) in [6.45, 7) is 6.49. The summed E-state index contributed by atoms with van der Waals surface area (Å²) in [6.07, 6.45) is 1.56. The van der Waals surface area contributed by atoms with Gasteiger partial charge >= 0.3 is 0 Å². The van der Waals surface area contributed by atoms with Gasteiger partial charge in [-0.15, -0.1) is 0 Å². The molecule has 1 aromatic heterocycles. The van der Waals surface area contributed by atoms with E-state index in [2.05, 4.69) is 4.57 Å². The van der Waals surface area contributed by atoms with E-state index in [1.807, 2.05) is 32.9 Å². The Kier molecular flexibility index (Phi) is 7.97. The van der Waals surface area contributed by atoms with Gasteiger partial charge < -0.3 is 14.2 Å². The number of hydrogen-bond acceptors (Lipinski definition) is 5. The summed E-state index contributed by atoms with van der Waals surface area (Å²) >= 11 is 6.14. The van der Waals surface area contributed by atoms with Gasteiger partial charge in [-0.05, 0) is 50.1 Å². The molecule has 9 heteroatoms. The summed E-state index contributed by atoms with van der Waals surface area (Å²) in [5.74, 6) is -0.500. The Morgan fingerprint density at radius 1 is 1.42 bits per heavy atom. The number of likely N-dealkylation sites (N-methyl/N-ethyl adjacent to an activating group) is 1. The lowest BCUT2D eigenvalue weighted by Crippen LogP contribution is -2.27. The number of aryl methyl sites for hydroxylation is 1. The van der Waals surface area contributed by atoms with Crippen LogP contribution in [0.25, 0.3) is 6.08 Å². The molecule has 0 fully saturated rings. The second-order valence-corrected chi connectivity index (χ2v) is 7.77. The number of rotatable bonds is 8. The summed E-state index contributed by atoms with van der Waals surface area (Å²) in [4.78, 5) is 24.7. The third kappa shape index (κ3) is 5.51. The van der Waals surface area contributed by atoms with Crippen LogP contribution in [0.15, 0.2) is 29.8 Å². The molecule has 0 bridgehead atoms. The number of aromatic nitrogens is 1. The Bertz CT molecular complexity index is 1070. The lowest BCUT2D eigenvalue weighted by atomic mass is 10.1. The molecule has 0 saturated carbocycles. The molecule has 0 aliphatic carbocycles. The third-order valence-electron chi connectivity index (χ3n) is 5.02. The Morgan fingerprint density at radius 2 is 2.10 bits per heavy atom. The van der Waals surface area contributed by atoms with E-state index >= 15 is 0 Å². The van der Waals surface area contributed by atoms with Crippen molar-refractivity contribution in [2.45, 2.75) is 33.4 Å². The minimum absolute atomic E-state index is 0.0300. The molecule has 0 saturated heterocycles. The molecule has 2 aromatic rings. The van der Waals surface area contributed by atoms with Gasteiger partial charge in [-0.3, -0.25) is 14.9 Å². The average Bonchev–Trinajstić information content (AvgIpc) is 3.00. The standard InChI is InChI=1S/C22H25ClN4O4/c1-14-8-17(16(3)26(14)15(2)13-31-5)9-18(11-24)22(28)25(4)12-19-10-20(27(29)30)6-7-21(19)23/h6-10,15H,12-13H2,1-5H3/b18-9+. The van der Waals surface area contributed by atoms with Gasteiger partial charge in [0.15, 0.2) is 0 Å². The van der Waals surface area contributed by atoms with Crippen LogP contribution in [0.1, 0.15) is 35.5 Å². The molecule has 1 atom stereocenters. The van der Waals surface area contributed by atoms with E-state index in [4.69, 9.17) is 16.3 Å². The number of nitriles is 1. The first-order valence-corrected chi connectivity index (χ1v) is 9.95. The van der Waals surface area contributed by atoms with Crippen LogP contribution in [0, 0.1) is 35.3 Å². The Morgan fingerprint density at radius 3 is 2.68 bits per heavy atom. The van der Waals surface area contributed by atoms with Gasteiger partial charge in [0.25, 0.3) is 11.6 Å². The molecule has 1 amide bonds. The van der Waals surface area contributed by atoms with Gasteiger partial charge in [-0.25, -0.2) is 0 Å². The van der Waals surface area contributed by atoms with Crippen molar-refractivity contribution < 1.29 is 14.5 Å². The fourth-order valence-electron chi connectivity index (χ4n) is 3.57. The fourth-order valence-corrected chi connectivity index (χ4v) is 3.75. The summed E-state index contributed by atoms with van der Waals surface area (Å²) in [7, 11) is 3.16. The van der Waals surface area contributed by atoms with E-state index in [9.17, 15) is 20.2 Å². The van der Waals surface area contributed by atoms with E-state index in [0.717, 1.165) is 17.0 Å². The maximum Gasteiger partial charge on any atom is 0.269 e. The minimum atomic E-state index is -0.525. The number of benzene rings is 1. The summed E-state index contributed by atoms with van der Waals surface area (Å²) < 4.78 is 7.33. The van der Waals surface area contributed by atoms with Crippen LogP contribution in [0.5, 0.6) is 0 Å². The van der Waals surface area contributed by atoms with Gasteiger partial charge in [0.1, 0.15) is 11.6 Å². The molecule has 1 heterocycles. The lowest BCUT2D eigenvalue weighted by Gasteiger charge is -2.18. The number of methoxy groups -OCH3 is 1. The molecule has 8 nitrogen and oxygen atoms in total. The largest absolute Gasteiger partial charge is 0.383 e. The highest BCUT2D eigenvalue weighted by Crippen LogP contribution is 2.25. The molecule has 0 N–H and O–H groups in total. The van der Waals surface area contributed by atoms with Crippen LogP contribution in [-0.4, -0.2) is 41.1 Å². The zero-order valence-corrected chi connectivity index (χ0v) is 18.9. The number of amides is 1. The van der Waals surface area contributed by atoms with Crippen molar-refractivity contribution >= 4 is 29.3 Å². The van der Waals surface area contributed by atoms with Crippen molar-refractivity contribution in [3.8, 4) is 6.07 Å². The van der Waals surface area contributed by atoms with Crippen molar-refractivity contribution in [3.05, 3.63) is 67.5 Å². The van der Waals surface area contributed by atoms with Crippen molar-refractivity contribution in [2.24, 2.45) is 0 Å². The number of non-ortho nitro benzene ring substituents is 1.